The molecule has 1 aromatic carbocycles. The van der Waals surface area contributed by atoms with Crippen molar-refractivity contribution < 1.29 is 26.7 Å². The lowest BCUT2D eigenvalue weighted by molar-refractivity contribution is -0.153. The van der Waals surface area contributed by atoms with Gasteiger partial charge in [0.1, 0.15) is 6.61 Å². The highest BCUT2D eigenvalue weighted by Gasteiger charge is 2.22. The maximum atomic E-state index is 9.75. The van der Waals surface area contributed by atoms with Gasteiger partial charge in [0.2, 0.25) is 0 Å². The van der Waals surface area contributed by atoms with E-state index in [9.17, 15) is 17.3 Å². The SMILES string of the molecule is F[B-](F)(F)F.c1ccc(C2OCC[OH+]2)cc1. The van der Waals surface area contributed by atoms with Gasteiger partial charge in [-0.1, -0.05) is 18.2 Å². The lowest BCUT2D eigenvalue weighted by Gasteiger charge is -2.03. The van der Waals surface area contributed by atoms with Crippen molar-refractivity contribution in [1.82, 2.24) is 0 Å². The molecule has 1 heterocycles. The third-order valence-corrected chi connectivity index (χ3v) is 1.75. The van der Waals surface area contributed by atoms with Crippen LogP contribution in [-0.4, -0.2) is 25.2 Å². The second-order valence-corrected chi connectivity index (χ2v) is 3.03. The molecule has 1 fully saturated rings. The van der Waals surface area contributed by atoms with E-state index >= 15 is 0 Å². The number of hydrogen-bond acceptors (Lipinski definition) is 1. The zero-order chi connectivity index (χ0) is 12.0. The number of ether oxygens (including phenoxy) is 2. The van der Waals surface area contributed by atoms with Crippen molar-refractivity contribution in [1.29, 1.82) is 0 Å². The van der Waals surface area contributed by atoms with Gasteiger partial charge in [-0.05, 0) is 12.1 Å². The highest BCUT2D eigenvalue weighted by molar-refractivity contribution is 6.50. The molecule has 7 heteroatoms. The molecule has 1 atom stereocenters. The standard InChI is InChI=1S/C9H10O2.BF4/c1-2-4-8(5-3-1)9-10-6-7-11-9;2-1(3,4)5/h1-5,9H,6-7H2;/q;-1/p+1. The minimum absolute atomic E-state index is 0.00352. The number of hydrogen-bond donors (Lipinski definition) is 0. The molecule has 0 amide bonds. The molecule has 1 N–H and O–H groups in total. The van der Waals surface area contributed by atoms with Crippen molar-refractivity contribution in [3.8, 4) is 0 Å². The first-order valence-corrected chi connectivity index (χ1v) is 4.67. The molecule has 2 nitrogen and oxygen atoms in total. The van der Waals surface area contributed by atoms with E-state index in [1.807, 2.05) is 30.3 Å². The zero-order valence-corrected chi connectivity index (χ0v) is 8.32. The van der Waals surface area contributed by atoms with E-state index in [1.54, 1.807) is 0 Å². The molecule has 0 aromatic heterocycles. The molecule has 0 saturated carbocycles. The highest BCUT2D eigenvalue weighted by Crippen LogP contribution is 2.19. The Kier molecular flexibility index (Phi) is 4.76. The van der Waals surface area contributed by atoms with Crippen molar-refractivity contribution in [2.45, 2.75) is 6.29 Å². The molecule has 0 bridgehead atoms. The largest absolute Gasteiger partial charge is 0.673 e. The van der Waals surface area contributed by atoms with Crippen LogP contribution >= 0.6 is 0 Å². The Morgan fingerprint density at radius 1 is 1.12 bits per heavy atom. The predicted molar refractivity (Wildman–Crippen MR) is 52.4 cm³/mol. The number of halogens is 4. The fourth-order valence-electron chi connectivity index (χ4n) is 1.21. The van der Waals surface area contributed by atoms with Gasteiger partial charge in [0, 0.05) is 0 Å². The van der Waals surface area contributed by atoms with E-state index in [1.165, 1.54) is 0 Å². The second-order valence-electron chi connectivity index (χ2n) is 3.03. The Morgan fingerprint density at radius 2 is 1.69 bits per heavy atom. The van der Waals surface area contributed by atoms with E-state index in [0.29, 0.717) is 0 Å². The molecule has 0 spiro atoms. The molecule has 90 valence electrons. The van der Waals surface area contributed by atoms with Gasteiger partial charge in [-0.2, -0.15) is 0 Å². The summed E-state index contributed by atoms with van der Waals surface area (Å²) in [5.74, 6) is 0. The molecule has 1 aromatic rings. The molecule has 0 radical (unpaired) electrons. The number of aliphatic hydroxyl groups is 2. The lowest BCUT2D eigenvalue weighted by Crippen LogP contribution is -2.02. The molecule has 1 saturated heterocycles. The monoisotopic (exact) mass is 238 g/mol. The predicted octanol–water partition coefficient (Wildman–Crippen LogP) is 2.54. The summed E-state index contributed by atoms with van der Waals surface area (Å²) < 4.78 is 48.7. The van der Waals surface area contributed by atoms with Gasteiger partial charge in [0.25, 0.3) is 6.29 Å². The van der Waals surface area contributed by atoms with Crippen molar-refractivity contribution in [3.05, 3.63) is 35.9 Å². The van der Waals surface area contributed by atoms with Crippen LogP contribution in [0.4, 0.5) is 17.3 Å². The normalized spacial score (nSPS) is 20.1. The van der Waals surface area contributed by atoms with E-state index < -0.39 is 7.25 Å². The summed E-state index contributed by atoms with van der Waals surface area (Å²) in [6.07, 6.45) is -0.00352. The van der Waals surface area contributed by atoms with Crippen LogP contribution in [0.1, 0.15) is 11.9 Å². The maximum Gasteiger partial charge on any atom is 0.673 e. The number of benzene rings is 1. The van der Waals surface area contributed by atoms with Gasteiger partial charge < -0.3 is 26.7 Å². The van der Waals surface area contributed by atoms with Crippen molar-refractivity contribution in [2.75, 3.05) is 13.2 Å². The molecule has 0 aliphatic carbocycles. The Morgan fingerprint density at radius 3 is 2.12 bits per heavy atom. The summed E-state index contributed by atoms with van der Waals surface area (Å²) in [5, 5.41) is 0. The molecular formula is C9H11BF4O2. The Bertz CT molecular complexity index is 292. The molecule has 1 unspecified atom stereocenters. The number of rotatable bonds is 1. The summed E-state index contributed by atoms with van der Waals surface area (Å²) in [6, 6.07) is 10.1. The van der Waals surface area contributed by atoms with Crippen LogP contribution in [0.5, 0.6) is 0 Å². The van der Waals surface area contributed by atoms with Crippen LogP contribution in [0.2, 0.25) is 0 Å². The Hall–Kier alpha value is -1.08. The minimum atomic E-state index is -6.00. The second kappa shape index (κ2) is 5.86. The van der Waals surface area contributed by atoms with Gasteiger partial charge >= 0.3 is 7.25 Å². The molecule has 1 aliphatic heterocycles. The minimum Gasteiger partial charge on any atom is -0.418 e. The molecule has 2 rings (SSSR count). The fourth-order valence-corrected chi connectivity index (χ4v) is 1.21. The Labute approximate surface area is 90.3 Å². The van der Waals surface area contributed by atoms with Crippen LogP contribution in [0.25, 0.3) is 0 Å². The third kappa shape index (κ3) is 5.72. The van der Waals surface area contributed by atoms with Gasteiger partial charge in [0.15, 0.2) is 6.61 Å². The topological polar surface area (TPSA) is 22.0 Å². The zero-order valence-electron chi connectivity index (χ0n) is 8.32. The lowest BCUT2D eigenvalue weighted by atomic mass is 10.2. The van der Waals surface area contributed by atoms with E-state index in [2.05, 4.69) is 4.74 Å². The molecule has 16 heavy (non-hydrogen) atoms. The van der Waals surface area contributed by atoms with Crippen LogP contribution in [0, 0.1) is 0 Å². The van der Waals surface area contributed by atoms with Gasteiger partial charge in [0.05, 0.1) is 5.56 Å². The maximum absolute atomic E-state index is 9.75. The van der Waals surface area contributed by atoms with E-state index in [-0.39, 0.29) is 6.29 Å². The summed E-state index contributed by atoms with van der Waals surface area (Å²) in [4.78, 5) is 0. The fraction of sp³-hybridized carbons (Fsp3) is 0.333. The van der Waals surface area contributed by atoms with Gasteiger partial charge in [-0.15, -0.1) is 0 Å². The van der Waals surface area contributed by atoms with Crippen LogP contribution in [0.3, 0.4) is 0 Å². The van der Waals surface area contributed by atoms with E-state index in [4.69, 9.17) is 4.74 Å². The first-order valence-electron chi connectivity index (χ1n) is 4.67. The van der Waals surface area contributed by atoms with Gasteiger partial charge in [-0.3, -0.25) is 0 Å². The van der Waals surface area contributed by atoms with Crippen molar-refractivity contribution in [3.63, 3.8) is 0 Å². The van der Waals surface area contributed by atoms with Crippen molar-refractivity contribution in [2.24, 2.45) is 0 Å². The molecule has 1 aliphatic rings. The summed E-state index contributed by atoms with van der Waals surface area (Å²) in [5.41, 5.74) is 1.16. The smallest absolute Gasteiger partial charge is 0.418 e. The van der Waals surface area contributed by atoms with E-state index in [0.717, 1.165) is 18.8 Å². The average Bonchev–Trinajstić information content (AvgIpc) is 2.69. The van der Waals surface area contributed by atoms with Crippen LogP contribution in [-0.2, 0) is 4.74 Å². The van der Waals surface area contributed by atoms with Crippen LogP contribution in [0.15, 0.2) is 30.3 Å². The summed E-state index contributed by atoms with van der Waals surface area (Å²) >= 11 is 0. The first kappa shape index (κ1) is 13.0. The van der Waals surface area contributed by atoms with Gasteiger partial charge in [-0.25, -0.2) is 0 Å². The average molecular weight is 238 g/mol. The summed E-state index contributed by atoms with van der Waals surface area (Å²) in [6.45, 7) is 1.60. The quantitative estimate of drug-likeness (QED) is 0.418. The first-order chi connectivity index (χ1) is 7.47. The summed E-state index contributed by atoms with van der Waals surface area (Å²) in [7, 11) is -6.00. The van der Waals surface area contributed by atoms with Crippen LogP contribution < -0.4 is 0 Å². The third-order valence-electron chi connectivity index (χ3n) is 1.75. The van der Waals surface area contributed by atoms with Crippen molar-refractivity contribution >= 4 is 7.25 Å². The Balaban J connectivity index is 0.000000221. The highest BCUT2D eigenvalue weighted by atomic mass is 19.5. The molecular weight excluding hydrogens is 227 g/mol.